The average molecular weight is 458 g/mol. The molecule has 1 fully saturated rings. The second kappa shape index (κ2) is 8.86. The lowest BCUT2D eigenvalue weighted by Crippen LogP contribution is -2.63. The van der Waals surface area contributed by atoms with E-state index in [1.165, 1.54) is 29.1 Å². The van der Waals surface area contributed by atoms with E-state index in [9.17, 15) is 29.0 Å². The van der Waals surface area contributed by atoms with E-state index in [1.54, 1.807) is 16.0 Å². The highest BCUT2D eigenvalue weighted by molar-refractivity contribution is 5.99. The minimum atomic E-state index is -0.988. The molecular formula is C23H27FN4O5. The van der Waals surface area contributed by atoms with Crippen LogP contribution in [0.3, 0.4) is 0 Å². The van der Waals surface area contributed by atoms with Crippen molar-refractivity contribution in [1.29, 1.82) is 0 Å². The molecule has 0 spiro atoms. The number of carbonyl (C=O) groups is 2. The Kier molecular flexibility index (Phi) is 6.11. The summed E-state index contributed by atoms with van der Waals surface area (Å²) in [6.45, 7) is 3.69. The van der Waals surface area contributed by atoms with Crippen LogP contribution in [0.4, 0.5) is 4.39 Å². The third-order valence-corrected chi connectivity index (χ3v) is 6.14. The molecule has 2 aliphatic heterocycles. The fourth-order valence-corrected chi connectivity index (χ4v) is 4.53. The Morgan fingerprint density at radius 3 is 2.67 bits per heavy atom. The van der Waals surface area contributed by atoms with Gasteiger partial charge in [0, 0.05) is 24.3 Å². The molecule has 9 nitrogen and oxygen atoms in total. The van der Waals surface area contributed by atoms with Crippen LogP contribution in [0.25, 0.3) is 0 Å². The number of nitrogens with one attached hydrogen (secondary N) is 1. The van der Waals surface area contributed by atoms with Crippen molar-refractivity contribution in [2.75, 3.05) is 11.6 Å². The number of carbonyl (C=O) groups excluding carboxylic acids is 2. The molecule has 0 aliphatic carbocycles. The molecule has 1 saturated heterocycles. The van der Waals surface area contributed by atoms with Crippen molar-refractivity contribution in [3.63, 3.8) is 0 Å². The van der Waals surface area contributed by atoms with Crippen LogP contribution in [0, 0.1) is 5.82 Å². The van der Waals surface area contributed by atoms with Crippen LogP contribution in [0.5, 0.6) is 5.75 Å². The van der Waals surface area contributed by atoms with Crippen LogP contribution in [-0.2, 0) is 6.54 Å². The highest BCUT2D eigenvalue weighted by atomic mass is 19.1. The fraction of sp³-hybridized carbons (Fsp3) is 0.435. The number of aliphatic hydroxyl groups excluding tert-OH is 1. The molecular weight excluding hydrogens is 431 g/mol. The maximum atomic E-state index is 13.9. The standard InChI is InChI=1S/C23H27FN4O5/c1-13(2)28-18-9-5-7-15(29)11-26(18)27-12-16(20(30)21(31)19(27)23(28)33)22(32)25-10-14-6-3-4-8-17(14)24/h3-4,6,8,12-13,15,18,29,31H,5,7,9-11H2,1-2H3,(H,25,32)/t15-,18+/m0/s1. The van der Waals surface area contributed by atoms with Crippen molar-refractivity contribution in [2.24, 2.45) is 0 Å². The number of amides is 2. The van der Waals surface area contributed by atoms with E-state index in [0.717, 1.165) is 0 Å². The van der Waals surface area contributed by atoms with E-state index in [4.69, 9.17) is 0 Å². The van der Waals surface area contributed by atoms with E-state index in [0.29, 0.717) is 19.3 Å². The molecule has 4 rings (SSSR count). The van der Waals surface area contributed by atoms with Gasteiger partial charge in [0.25, 0.3) is 11.8 Å². The summed E-state index contributed by atoms with van der Waals surface area (Å²) in [5.74, 6) is -2.65. The van der Waals surface area contributed by atoms with Crippen molar-refractivity contribution < 1.29 is 24.2 Å². The molecule has 0 radical (unpaired) electrons. The number of benzene rings is 1. The summed E-state index contributed by atoms with van der Waals surface area (Å²) in [5, 5.41) is 25.3. The minimum absolute atomic E-state index is 0.154. The van der Waals surface area contributed by atoms with Gasteiger partial charge in [0.05, 0.1) is 12.6 Å². The summed E-state index contributed by atoms with van der Waals surface area (Å²) in [5.41, 5.74) is -1.37. The summed E-state index contributed by atoms with van der Waals surface area (Å²) in [6, 6.07) is 5.71. The fourth-order valence-electron chi connectivity index (χ4n) is 4.53. The topological polar surface area (TPSA) is 115 Å². The molecule has 10 heteroatoms. The molecule has 0 saturated carbocycles. The zero-order valence-corrected chi connectivity index (χ0v) is 18.5. The molecule has 2 atom stereocenters. The Morgan fingerprint density at radius 2 is 1.97 bits per heavy atom. The number of rotatable bonds is 4. The first-order chi connectivity index (χ1) is 15.7. The lowest BCUT2D eigenvalue weighted by molar-refractivity contribution is 0.0460. The summed E-state index contributed by atoms with van der Waals surface area (Å²) in [7, 11) is 0. The van der Waals surface area contributed by atoms with Crippen molar-refractivity contribution in [1.82, 2.24) is 14.9 Å². The lowest BCUT2D eigenvalue weighted by Gasteiger charge is -2.47. The van der Waals surface area contributed by atoms with Gasteiger partial charge in [-0.25, -0.2) is 4.39 Å². The predicted molar refractivity (Wildman–Crippen MR) is 118 cm³/mol. The highest BCUT2D eigenvalue weighted by Crippen LogP contribution is 2.30. The van der Waals surface area contributed by atoms with E-state index in [2.05, 4.69) is 5.32 Å². The number of pyridine rings is 1. The molecule has 1 aromatic heterocycles. The lowest BCUT2D eigenvalue weighted by atomic mass is 10.1. The van der Waals surface area contributed by atoms with Gasteiger partial charge >= 0.3 is 0 Å². The van der Waals surface area contributed by atoms with Gasteiger partial charge < -0.3 is 20.4 Å². The maximum Gasteiger partial charge on any atom is 0.278 e. The highest BCUT2D eigenvalue weighted by Gasteiger charge is 2.43. The SMILES string of the molecule is CC(C)N1C(=O)c2c(O)c(=O)c(C(=O)NCc3ccccc3F)cn2N2C[C@@H](O)CCC[C@@H]12. The number of fused-ring (bicyclic) bond motifs is 3. The van der Waals surface area contributed by atoms with Crippen LogP contribution < -0.4 is 15.8 Å². The van der Waals surface area contributed by atoms with E-state index in [1.807, 2.05) is 13.8 Å². The zero-order chi connectivity index (χ0) is 23.9. The molecule has 2 aliphatic rings. The van der Waals surface area contributed by atoms with Gasteiger partial charge in [-0.3, -0.25) is 24.1 Å². The Labute approximate surface area is 190 Å². The molecule has 2 aromatic rings. The molecule has 0 bridgehead atoms. The summed E-state index contributed by atoms with van der Waals surface area (Å²) >= 11 is 0. The molecule has 3 N–H and O–H groups in total. The van der Waals surface area contributed by atoms with Crippen molar-refractivity contribution >= 4 is 11.8 Å². The average Bonchev–Trinajstić information content (AvgIpc) is 2.96. The van der Waals surface area contributed by atoms with Crippen molar-refractivity contribution in [3.8, 4) is 5.75 Å². The van der Waals surface area contributed by atoms with Crippen LogP contribution >= 0.6 is 0 Å². The molecule has 2 amide bonds. The second-order valence-corrected chi connectivity index (χ2v) is 8.68. The number of hydrogen-bond acceptors (Lipinski definition) is 6. The van der Waals surface area contributed by atoms with Gasteiger partial charge in [-0.05, 0) is 39.2 Å². The normalized spacial score (nSPS) is 20.3. The van der Waals surface area contributed by atoms with Crippen LogP contribution in [0.2, 0.25) is 0 Å². The third kappa shape index (κ3) is 4.06. The van der Waals surface area contributed by atoms with Gasteiger partial charge in [0.15, 0.2) is 11.4 Å². The van der Waals surface area contributed by atoms with Crippen LogP contribution in [0.15, 0.2) is 35.3 Å². The van der Waals surface area contributed by atoms with Crippen LogP contribution in [0.1, 0.15) is 59.5 Å². The van der Waals surface area contributed by atoms with Gasteiger partial charge in [-0.2, -0.15) is 0 Å². The summed E-state index contributed by atoms with van der Waals surface area (Å²) in [6.07, 6.45) is 1.96. The monoisotopic (exact) mass is 458 g/mol. The number of aromatic nitrogens is 1. The van der Waals surface area contributed by atoms with Crippen LogP contribution in [-0.4, -0.2) is 56.5 Å². The quantitative estimate of drug-likeness (QED) is 0.636. The van der Waals surface area contributed by atoms with Gasteiger partial charge in [0.1, 0.15) is 17.5 Å². The Balaban J connectivity index is 1.75. The first kappa shape index (κ1) is 22.8. The first-order valence-corrected chi connectivity index (χ1v) is 11.0. The Hall–Kier alpha value is -3.40. The largest absolute Gasteiger partial charge is 0.502 e. The van der Waals surface area contributed by atoms with Crippen molar-refractivity contribution in [3.05, 3.63) is 63.3 Å². The minimum Gasteiger partial charge on any atom is -0.502 e. The third-order valence-electron chi connectivity index (χ3n) is 6.14. The number of nitrogens with zero attached hydrogens (tertiary/aromatic N) is 3. The maximum absolute atomic E-state index is 13.9. The number of halogens is 1. The number of aliphatic hydroxyl groups is 1. The van der Waals surface area contributed by atoms with E-state index >= 15 is 0 Å². The Morgan fingerprint density at radius 1 is 1.24 bits per heavy atom. The summed E-state index contributed by atoms with van der Waals surface area (Å²) in [4.78, 5) is 40.5. The number of hydrogen-bond donors (Lipinski definition) is 3. The summed E-state index contributed by atoms with van der Waals surface area (Å²) < 4.78 is 15.2. The second-order valence-electron chi connectivity index (χ2n) is 8.68. The van der Waals surface area contributed by atoms with E-state index in [-0.39, 0.29) is 36.0 Å². The molecule has 0 unspecified atom stereocenters. The molecule has 33 heavy (non-hydrogen) atoms. The van der Waals surface area contributed by atoms with Crippen molar-refractivity contribution in [2.45, 2.75) is 58.0 Å². The predicted octanol–water partition coefficient (Wildman–Crippen LogP) is 1.30. The smallest absolute Gasteiger partial charge is 0.278 e. The van der Waals surface area contributed by atoms with Gasteiger partial charge in [-0.1, -0.05) is 18.2 Å². The van der Waals surface area contributed by atoms with E-state index < -0.39 is 41.1 Å². The molecule has 1 aromatic carbocycles. The number of aromatic hydroxyl groups is 1. The zero-order valence-electron chi connectivity index (χ0n) is 18.5. The first-order valence-electron chi connectivity index (χ1n) is 11.0. The van der Waals surface area contributed by atoms with Gasteiger partial charge in [-0.15, -0.1) is 0 Å². The Bertz CT molecular complexity index is 1150. The molecule has 176 valence electrons. The van der Waals surface area contributed by atoms with Gasteiger partial charge in [0.2, 0.25) is 5.43 Å². The molecule has 3 heterocycles.